The normalized spacial score (nSPS) is 11.8. The van der Waals surface area contributed by atoms with Crippen molar-refractivity contribution < 1.29 is 0 Å². The Morgan fingerprint density at radius 2 is 1.88 bits per heavy atom. The van der Waals surface area contributed by atoms with Gasteiger partial charge in [-0.25, -0.2) is 0 Å². The van der Waals surface area contributed by atoms with E-state index >= 15 is 0 Å². The molecule has 0 N–H and O–H groups in total. The van der Waals surface area contributed by atoms with Crippen LogP contribution in [0.15, 0.2) is 24.3 Å². The summed E-state index contributed by atoms with van der Waals surface area (Å²) in [6, 6.07) is 0. The van der Waals surface area contributed by atoms with E-state index in [-0.39, 0.29) is 0 Å². The van der Waals surface area contributed by atoms with Gasteiger partial charge in [-0.2, -0.15) is 0 Å². The summed E-state index contributed by atoms with van der Waals surface area (Å²) < 4.78 is 0. The van der Waals surface area contributed by atoms with E-state index in [9.17, 15) is 0 Å². The molecule has 0 heteroatoms. The quantitative estimate of drug-likeness (QED) is 0.486. The highest BCUT2D eigenvalue weighted by Gasteiger charge is 1.70. The Morgan fingerprint density at radius 3 is 2.38 bits per heavy atom. The third-order valence-electron chi connectivity index (χ3n) is 0.803. The molecular weight excluding hydrogens is 96.1 g/mol. The number of hydrogen-bond acceptors (Lipinski definition) is 0. The lowest BCUT2D eigenvalue weighted by molar-refractivity contribution is 1.05. The minimum absolute atomic E-state index is 1.02. The maximum atomic E-state index is 5.09. The minimum atomic E-state index is 1.02. The Bertz CT molecular complexity index is 66.0. The summed E-state index contributed by atoms with van der Waals surface area (Å²) >= 11 is 0. The predicted octanol–water partition coefficient (Wildman–Crippen LogP) is 2.42. The van der Waals surface area contributed by atoms with Gasteiger partial charge in [-0.15, -0.1) is 0 Å². The molecule has 8 heavy (non-hydrogen) atoms. The first kappa shape index (κ1) is 7.48. The van der Waals surface area contributed by atoms with Crippen molar-refractivity contribution in [3.63, 3.8) is 0 Å². The van der Waals surface area contributed by atoms with Gasteiger partial charge in [0.05, 0.1) is 0 Å². The van der Waals surface area contributed by atoms with Gasteiger partial charge in [-0.1, -0.05) is 24.3 Å². The van der Waals surface area contributed by atoms with Crippen LogP contribution in [0.5, 0.6) is 0 Å². The van der Waals surface area contributed by atoms with Crippen LogP contribution >= 0.6 is 0 Å². The Morgan fingerprint density at radius 1 is 1.25 bits per heavy atom. The van der Waals surface area contributed by atoms with Gasteiger partial charge in [0.2, 0.25) is 0 Å². The molecule has 0 aromatic rings. The van der Waals surface area contributed by atoms with E-state index in [2.05, 4.69) is 6.92 Å². The second kappa shape index (κ2) is 6.48. The molecule has 0 fully saturated rings. The van der Waals surface area contributed by atoms with E-state index in [0.29, 0.717) is 0 Å². The van der Waals surface area contributed by atoms with Crippen LogP contribution in [0.3, 0.4) is 0 Å². The minimum Gasteiger partial charge on any atom is -0.0882 e. The van der Waals surface area contributed by atoms with Crippen LogP contribution in [0.4, 0.5) is 0 Å². The molecule has 0 aliphatic carbocycles. The van der Waals surface area contributed by atoms with Gasteiger partial charge >= 0.3 is 0 Å². The maximum Gasteiger partial charge on any atom is -0.00958 e. The number of hydrogen-bond donors (Lipinski definition) is 0. The number of rotatable bonds is 3. The number of unbranched alkanes of at least 4 members (excludes halogenated alkanes) is 1. The van der Waals surface area contributed by atoms with Crippen LogP contribution in [-0.4, -0.2) is 0 Å². The molecule has 0 rings (SSSR count). The van der Waals surface area contributed by atoms with Crippen LogP contribution in [-0.2, 0) is 0 Å². The first-order valence-electron chi connectivity index (χ1n) is 2.72. The fraction of sp³-hybridized carbons (Fsp3) is 0.250. The monoisotopic (exact) mass is 107 g/mol. The second-order valence-corrected chi connectivity index (χ2v) is 1.48. The number of allylic oxidation sites excluding steroid dienone is 4. The van der Waals surface area contributed by atoms with E-state index < -0.39 is 0 Å². The summed E-state index contributed by atoms with van der Waals surface area (Å²) in [5.41, 5.74) is 0. The van der Waals surface area contributed by atoms with E-state index in [4.69, 9.17) is 6.92 Å². The molecule has 0 saturated heterocycles. The van der Waals surface area contributed by atoms with Crippen molar-refractivity contribution in [2.75, 3.05) is 0 Å². The van der Waals surface area contributed by atoms with Crippen LogP contribution in [0, 0.1) is 13.8 Å². The first-order valence-corrected chi connectivity index (χ1v) is 2.72. The van der Waals surface area contributed by atoms with Crippen LogP contribution in [0.1, 0.15) is 12.8 Å². The van der Waals surface area contributed by atoms with Gasteiger partial charge in [-0.05, 0) is 26.7 Å². The summed E-state index contributed by atoms with van der Waals surface area (Å²) in [5, 5.41) is 0. The lowest BCUT2D eigenvalue weighted by Gasteiger charge is -1.81. The van der Waals surface area contributed by atoms with Gasteiger partial charge in [0.25, 0.3) is 0 Å². The molecule has 0 aromatic carbocycles. The average molecular weight is 107 g/mol. The molecule has 0 heterocycles. The van der Waals surface area contributed by atoms with Gasteiger partial charge < -0.3 is 0 Å². The van der Waals surface area contributed by atoms with Crippen molar-refractivity contribution in [2.24, 2.45) is 0 Å². The predicted molar refractivity (Wildman–Crippen MR) is 37.2 cm³/mol. The van der Waals surface area contributed by atoms with E-state index in [1.54, 1.807) is 12.2 Å². The van der Waals surface area contributed by atoms with Crippen molar-refractivity contribution in [2.45, 2.75) is 12.8 Å². The van der Waals surface area contributed by atoms with Crippen LogP contribution in [0.25, 0.3) is 0 Å². The summed E-state index contributed by atoms with van der Waals surface area (Å²) in [4.78, 5) is 0. The Labute approximate surface area is 51.9 Å². The van der Waals surface area contributed by atoms with Crippen molar-refractivity contribution in [3.05, 3.63) is 38.2 Å². The van der Waals surface area contributed by atoms with Crippen LogP contribution in [0.2, 0.25) is 0 Å². The molecule has 0 aromatic heterocycles. The summed E-state index contributed by atoms with van der Waals surface area (Å²) in [7, 11) is 0. The first-order chi connectivity index (χ1) is 3.91. The van der Waals surface area contributed by atoms with Crippen molar-refractivity contribution in [1.82, 2.24) is 0 Å². The molecule has 0 spiro atoms. The lowest BCUT2D eigenvalue weighted by atomic mass is 10.3. The van der Waals surface area contributed by atoms with Crippen molar-refractivity contribution in [3.8, 4) is 0 Å². The Balaban J connectivity index is 2.93. The van der Waals surface area contributed by atoms with Gasteiger partial charge in [0.1, 0.15) is 0 Å². The van der Waals surface area contributed by atoms with Gasteiger partial charge in [-0.3, -0.25) is 0 Å². The van der Waals surface area contributed by atoms with E-state index in [0.717, 1.165) is 12.8 Å². The zero-order valence-corrected chi connectivity index (χ0v) is 5.01. The molecule has 0 atom stereocenters. The molecule has 0 unspecified atom stereocenters. The molecule has 43 valence electrons. The molecule has 0 amide bonds. The Hall–Kier alpha value is -0.520. The highest BCUT2D eigenvalue weighted by Crippen LogP contribution is 1.90. The average Bonchev–Trinajstić information content (AvgIpc) is 1.81. The lowest BCUT2D eigenvalue weighted by Crippen LogP contribution is -1.61. The Kier molecular flexibility index (Phi) is 6.06. The highest BCUT2D eigenvalue weighted by molar-refractivity contribution is 4.89. The maximum absolute atomic E-state index is 5.09. The highest BCUT2D eigenvalue weighted by atomic mass is 13.8. The fourth-order valence-corrected chi connectivity index (χ4v) is 0.407. The van der Waals surface area contributed by atoms with Crippen molar-refractivity contribution in [1.29, 1.82) is 0 Å². The summed E-state index contributed by atoms with van der Waals surface area (Å²) in [6.07, 6.45) is 9.36. The third-order valence-corrected chi connectivity index (χ3v) is 0.803. The topological polar surface area (TPSA) is 0 Å². The molecule has 0 aliphatic rings. The molecule has 0 saturated carbocycles. The van der Waals surface area contributed by atoms with Gasteiger partial charge in [0.15, 0.2) is 0 Å². The standard InChI is InChI=1S/C8H11/c1-3-5-7-8-6-4-2/h1,3-6H,2,7-8H2. The molecule has 0 nitrogen and oxygen atoms in total. The zero-order chi connectivity index (χ0) is 6.24. The molecule has 0 aliphatic heterocycles. The third kappa shape index (κ3) is 5.48. The fourth-order valence-electron chi connectivity index (χ4n) is 0.407. The van der Waals surface area contributed by atoms with Crippen LogP contribution < -0.4 is 0 Å². The molecule has 0 bridgehead atoms. The van der Waals surface area contributed by atoms with E-state index in [1.165, 1.54) is 0 Å². The summed E-state index contributed by atoms with van der Waals surface area (Å²) in [5.74, 6) is 0. The molecular formula is C8H11. The SMILES string of the molecule is [CH]C=CCCC=C[CH2]. The second-order valence-electron chi connectivity index (χ2n) is 1.48. The van der Waals surface area contributed by atoms with Gasteiger partial charge in [0, 0.05) is 0 Å². The summed E-state index contributed by atoms with van der Waals surface area (Å²) in [6.45, 7) is 8.64. The smallest absolute Gasteiger partial charge is 0.00958 e. The zero-order valence-electron chi connectivity index (χ0n) is 5.01. The molecule has 3 radical (unpaired) electrons. The van der Waals surface area contributed by atoms with E-state index in [1.807, 2.05) is 12.2 Å². The van der Waals surface area contributed by atoms with Crippen molar-refractivity contribution >= 4 is 0 Å². The largest absolute Gasteiger partial charge is 0.0882 e.